The summed E-state index contributed by atoms with van der Waals surface area (Å²) in [6.45, 7) is 6.60. The zero-order chi connectivity index (χ0) is 16.7. The fraction of sp³-hybridized carbons (Fsp3) is 0.647. The van der Waals surface area contributed by atoms with Crippen molar-refractivity contribution in [3.05, 3.63) is 23.9 Å². The molecule has 1 saturated heterocycles. The Hall–Kier alpha value is -1.66. The van der Waals surface area contributed by atoms with Crippen LogP contribution in [0.2, 0.25) is 0 Å². The molecule has 0 bridgehead atoms. The first-order chi connectivity index (χ1) is 11.1. The number of aromatic nitrogens is 1. The van der Waals surface area contributed by atoms with Crippen molar-refractivity contribution in [1.29, 1.82) is 0 Å². The lowest BCUT2D eigenvalue weighted by Crippen LogP contribution is -2.51. The molecule has 1 N–H and O–H groups in total. The fourth-order valence-electron chi connectivity index (χ4n) is 2.61. The average Bonchev–Trinajstić information content (AvgIpc) is 2.53. The summed E-state index contributed by atoms with van der Waals surface area (Å²) in [7, 11) is 2.00. The van der Waals surface area contributed by atoms with Gasteiger partial charge in [0.2, 0.25) is 5.88 Å². The predicted molar refractivity (Wildman–Crippen MR) is 88.3 cm³/mol. The van der Waals surface area contributed by atoms with Gasteiger partial charge >= 0.3 is 0 Å². The first kappa shape index (κ1) is 17.7. The Morgan fingerprint density at radius 1 is 1.52 bits per heavy atom. The first-order valence-corrected chi connectivity index (χ1v) is 8.28. The predicted octanol–water partition coefficient (Wildman–Crippen LogP) is 1.60. The second-order valence-electron chi connectivity index (χ2n) is 6.04. The first-order valence-electron chi connectivity index (χ1n) is 8.28. The molecule has 0 radical (unpaired) electrons. The second-order valence-corrected chi connectivity index (χ2v) is 6.04. The van der Waals surface area contributed by atoms with Crippen molar-refractivity contribution < 1.29 is 14.3 Å². The molecule has 1 fully saturated rings. The number of nitrogens with one attached hydrogen (secondary N) is 1. The van der Waals surface area contributed by atoms with Gasteiger partial charge in [0.25, 0.3) is 5.91 Å². The zero-order valence-corrected chi connectivity index (χ0v) is 14.2. The molecule has 0 saturated carbocycles. The van der Waals surface area contributed by atoms with Gasteiger partial charge in [0.15, 0.2) is 0 Å². The molecular weight excluding hydrogens is 294 g/mol. The zero-order valence-electron chi connectivity index (χ0n) is 14.2. The van der Waals surface area contributed by atoms with Crippen LogP contribution < -0.4 is 10.1 Å². The molecule has 6 heteroatoms. The summed E-state index contributed by atoms with van der Waals surface area (Å²) in [4.78, 5) is 18.7. The Kier molecular flexibility index (Phi) is 6.80. The van der Waals surface area contributed by atoms with Crippen LogP contribution in [0.4, 0.5) is 0 Å². The molecule has 0 spiro atoms. The molecule has 2 unspecified atom stereocenters. The molecule has 2 heterocycles. The maximum atomic E-state index is 12.3. The van der Waals surface area contributed by atoms with Crippen LogP contribution >= 0.6 is 0 Å². The van der Waals surface area contributed by atoms with E-state index in [1.807, 2.05) is 26.1 Å². The van der Waals surface area contributed by atoms with Gasteiger partial charge in [-0.25, -0.2) is 4.98 Å². The number of ether oxygens (including phenoxy) is 2. The summed E-state index contributed by atoms with van der Waals surface area (Å²) < 4.78 is 11.4. The molecule has 2 atom stereocenters. The molecule has 2 rings (SSSR count). The number of carbonyl (C=O) groups is 1. The number of rotatable bonds is 7. The second kappa shape index (κ2) is 8.84. The number of hydrogen-bond donors (Lipinski definition) is 1. The molecule has 1 amide bonds. The third-order valence-electron chi connectivity index (χ3n) is 3.77. The van der Waals surface area contributed by atoms with Gasteiger partial charge in [-0.2, -0.15) is 0 Å². The Balaban J connectivity index is 1.88. The van der Waals surface area contributed by atoms with Crippen molar-refractivity contribution in [1.82, 2.24) is 15.2 Å². The summed E-state index contributed by atoms with van der Waals surface area (Å²) in [5.41, 5.74) is 0.883. The van der Waals surface area contributed by atoms with Gasteiger partial charge in [0.1, 0.15) is 6.10 Å². The molecule has 0 aromatic carbocycles. The number of likely N-dealkylation sites (N-methyl/N-ethyl adjacent to an activating group) is 1. The lowest BCUT2D eigenvalue weighted by atomic mass is 10.2. The van der Waals surface area contributed by atoms with E-state index in [4.69, 9.17) is 9.47 Å². The quantitative estimate of drug-likeness (QED) is 0.773. The van der Waals surface area contributed by atoms with Crippen molar-refractivity contribution in [2.45, 2.75) is 45.4 Å². The van der Waals surface area contributed by atoms with Crippen molar-refractivity contribution in [3.8, 4) is 5.88 Å². The van der Waals surface area contributed by atoms with Crippen LogP contribution in [0.15, 0.2) is 18.3 Å². The van der Waals surface area contributed by atoms with Crippen LogP contribution in [0.25, 0.3) is 0 Å². The van der Waals surface area contributed by atoms with Crippen LogP contribution in [0, 0.1) is 0 Å². The van der Waals surface area contributed by atoms with Crippen molar-refractivity contribution in [2.75, 3.05) is 26.7 Å². The Labute approximate surface area is 138 Å². The molecule has 1 aromatic heterocycles. The third kappa shape index (κ3) is 5.48. The Morgan fingerprint density at radius 2 is 2.35 bits per heavy atom. The van der Waals surface area contributed by atoms with Gasteiger partial charge in [-0.3, -0.25) is 4.79 Å². The summed E-state index contributed by atoms with van der Waals surface area (Å²) in [6, 6.07) is 3.77. The highest BCUT2D eigenvalue weighted by Crippen LogP contribution is 2.15. The molecule has 128 valence electrons. The van der Waals surface area contributed by atoms with Crippen LogP contribution in [-0.4, -0.2) is 54.7 Å². The molecule has 1 aromatic rings. The van der Waals surface area contributed by atoms with E-state index >= 15 is 0 Å². The van der Waals surface area contributed by atoms with Crippen molar-refractivity contribution in [2.24, 2.45) is 0 Å². The molecule has 1 aliphatic rings. The minimum atomic E-state index is -0.426. The topological polar surface area (TPSA) is 63.7 Å². The fourth-order valence-corrected chi connectivity index (χ4v) is 2.61. The maximum absolute atomic E-state index is 12.3. The highest BCUT2D eigenvalue weighted by molar-refractivity contribution is 5.81. The van der Waals surface area contributed by atoms with Gasteiger partial charge < -0.3 is 19.7 Å². The molecule has 1 aliphatic heterocycles. The minimum Gasteiger partial charge on any atom is -0.477 e. The Morgan fingerprint density at radius 3 is 3.09 bits per heavy atom. The number of unbranched alkanes of at least 4 members (excludes halogenated alkanes) is 1. The van der Waals surface area contributed by atoms with E-state index in [0.717, 1.165) is 24.9 Å². The van der Waals surface area contributed by atoms with Crippen LogP contribution in [0.3, 0.4) is 0 Å². The maximum Gasteiger partial charge on any atom is 0.250 e. The molecule has 6 nitrogen and oxygen atoms in total. The van der Waals surface area contributed by atoms with E-state index in [9.17, 15) is 4.79 Å². The van der Waals surface area contributed by atoms with Crippen LogP contribution in [-0.2, 0) is 16.1 Å². The van der Waals surface area contributed by atoms with Crippen LogP contribution in [0.5, 0.6) is 5.88 Å². The molecule has 23 heavy (non-hydrogen) atoms. The number of nitrogens with zero attached hydrogens (tertiary/aromatic N) is 2. The smallest absolute Gasteiger partial charge is 0.250 e. The Bertz CT molecular complexity index is 500. The summed E-state index contributed by atoms with van der Waals surface area (Å²) in [5.74, 6) is 0.503. The van der Waals surface area contributed by atoms with Gasteiger partial charge in [-0.15, -0.1) is 0 Å². The number of amides is 1. The largest absolute Gasteiger partial charge is 0.477 e. The summed E-state index contributed by atoms with van der Waals surface area (Å²) in [5, 5.41) is 2.93. The SMILES string of the molecule is CCCCOc1ncccc1CNC(=O)C1CN(C)CC(C)O1. The van der Waals surface area contributed by atoms with E-state index in [-0.39, 0.29) is 12.0 Å². The van der Waals surface area contributed by atoms with E-state index in [0.29, 0.717) is 25.6 Å². The van der Waals surface area contributed by atoms with E-state index in [2.05, 4.69) is 22.1 Å². The van der Waals surface area contributed by atoms with Crippen molar-refractivity contribution in [3.63, 3.8) is 0 Å². The third-order valence-corrected chi connectivity index (χ3v) is 3.77. The lowest BCUT2D eigenvalue weighted by Gasteiger charge is -2.33. The monoisotopic (exact) mass is 321 g/mol. The highest BCUT2D eigenvalue weighted by Gasteiger charge is 2.28. The molecular formula is C17H27N3O3. The normalized spacial score (nSPS) is 21.9. The summed E-state index contributed by atoms with van der Waals surface area (Å²) >= 11 is 0. The van der Waals surface area contributed by atoms with E-state index < -0.39 is 6.10 Å². The standard InChI is InChI=1S/C17H27N3O3/c1-4-5-9-22-17-14(7-6-8-18-17)10-19-16(21)15-12-20(3)11-13(2)23-15/h6-8,13,15H,4-5,9-12H2,1-3H3,(H,19,21). The number of hydrogen-bond acceptors (Lipinski definition) is 5. The number of carbonyl (C=O) groups excluding carboxylic acids is 1. The minimum absolute atomic E-state index is 0.0656. The van der Waals surface area contributed by atoms with Gasteiger partial charge in [0.05, 0.1) is 12.7 Å². The summed E-state index contributed by atoms with van der Waals surface area (Å²) in [6.07, 6.45) is 3.40. The van der Waals surface area contributed by atoms with Gasteiger partial charge in [0, 0.05) is 31.4 Å². The van der Waals surface area contributed by atoms with Gasteiger partial charge in [-0.05, 0) is 26.5 Å². The average molecular weight is 321 g/mol. The van der Waals surface area contributed by atoms with E-state index in [1.165, 1.54) is 0 Å². The van der Waals surface area contributed by atoms with Gasteiger partial charge in [-0.1, -0.05) is 19.4 Å². The number of pyridine rings is 1. The van der Waals surface area contributed by atoms with Crippen molar-refractivity contribution >= 4 is 5.91 Å². The molecule has 0 aliphatic carbocycles. The highest BCUT2D eigenvalue weighted by atomic mass is 16.5. The number of morpholine rings is 1. The van der Waals surface area contributed by atoms with E-state index in [1.54, 1.807) is 6.20 Å². The van der Waals surface area contributed by atoms with Crippen LogP contribution in [0.1, 0.15) is 32.3 Å². The lowest BCUT2D eigenvalue weighted by molar-refractivity contribution is -0.144.